The highest BCUT2D eigenvalue weighted by Gasteiger charge is 2.39. The van der Waals surface area contributed by atoms with Gasteiger partial charge in [0.25, 0.3) is 5.91 Å². The normalized spacial score (nSPS) is 22.4. The summed E-state index contributed by atoms with van der Waals surface area (Å²) in [7, 11) is 1.59. The van der Waals surface area contributed by atoms with Gasteiger partial charge in [0.2, 0.25) is 0 Å². The second-order valence-electron chi connectivity index (χ2n) is 4.37. The van der Waals surface area contributed by atoms with Crippen LogP contribution in [0.4, 0.5) is 0 Å². The van der Waals surface area contributed by atoms with Crippen LogP contribution in [0.3, 0.4) is 0 Å². The maximum atomic E-state index is 12.3. The fourth-order valence-corrected chi connectivity index (χ4v) is 2.81. The number of aliphatic carboxylic acids is 1. The van der Waals surface area contributed by atoms with E-state index in [2.05, 4.69) is 9.59 Å². The summed E-state index contributed by atoms with van der Waals surface area (Å²) < 4.78 is 8.95. The summed E-state index contributed by atoms with van der Waals surface area (Å²) in [5.74, 6) is -1.87. The van der Waals surface area contributed by atoms with Crippen molar-refractivity contribution in [3.63, 3.8) is 0 Å². The number of amides is 1. The first kappa shape index (κ1) is 13.9. The lowest BCUT2D eigenvalue weighted by Crippen LogP contribution is -2.44. The predicted molar refractivity (Wildman–Crippen MR) is 67.1 cm³/mol. The number of aromatic nitrogens is 2. The van der Waals surface area contributed by atoms with Gasteiger partial charge >= 0.3 is 5.97 Å². The molecule has 1 saturated heterocycles. The molecule has 1 N–H and O–H groups in total. The molecule has 104 valence electrons. The molecule has 2 atom stereocenters. The summed E-state index contributed by atoms with van der Waals surface area (Å²) in [6.07, 6.45) is 0.620. The van der Waals surface area contributed by atoms with Gasteiger partial charge in [-0.15, -0.1) is 5.10 Å². The monoisotopic (exact) mass is 285 g/mol. The van der Waals surface area contributed by atoms with Crippen LogP contribution in [0, 0.1) is 5.92 Å². The van der Waals surface area contributed by atoms with Crippen molar-refractivity contribution >= 4 is 23.4 Å². The van der Waals surface area contributed by atoms with E-state index < -0.39 is 17.9 Å². The number of rotatable bonds is 4. The van der Waals surface area contributed by atoms with Crippen molar-refractivity contribution in [2.75, 3.05) is 20.3 Å². The number of carbonyl (C=O) groups excluding carboxylic acids is 1. The van der Waals surface area contributed by atoms with Crippen LogP contribution >= 0.6 is 11.5 Å². The molecule has 8 heteroatoms. The van der Waals surface area contributed by atoms with Crippen molar-refractivity contribution in [2.24, 2.45) is 5.92 Å². The Morgan fingerprint density at radius 1 is 1.53 bits per heavy atom. The lowest BCUT2D eigenvalue weighted by atomic mass is 10.0. The summed E-state index contributed by atoms with van der Waals surface area (Å²) in [5.41, 5.74) is 0.646. The van der Waals surface area contributed by atoms with Gasteiger partial charge in [-0.1, -0.05) is 11.4 Å². The first-order chi connectivity index (χ1) is 9.06. The quantitative estimate of drug-likeness (QED) is 0.853. The fraction of sp³-hybridized carbons (Fsp3) is 0.636. The SMILES string of the molecule is CCc1nnsc1C(=O)N(C)C1COCC1C(=O)O. The van der Waals surface area contributed by atoms with Crippen molar-refractivity contribution in [1.29, 1.82) is 0 Å². The maximum absolute atomic E-state index is 12.3. The van der Waals surface area contributed by atoms with Crippen LogP contribution in [0.15, 0.2) is 0 Å². The first-order valence-electron chi connectivity index (χ1n) is 5.95. The number of likely N-dealkylation sites (N-methyl/N-ethyl adjacent to an activating group) is 1. The van der Waals surface area contributed by atoms with E-state index in [1.807, 2.05) is 6.92 Å². The Hall–Kier alpha value is -1.54. The molecule has 1 aliphatic rings. The van der Waals surface area contributed by atoms with Gasteiger partial charge in [0, 0.05) is 7.05 Å². The second kappa shape index (κ2) is 5.62. The second-order valence-corrected chi connectivity index (χ2v) is 5.12. The van der Waals surface area contributed by atoms with Crippen LogP contribution in [0.1, 0.15) is 22.3 Å². The van der Waals surface area contributed by atoms with E-state index in [0.717, 1.165) is 11.5 Å². The van der Waals surface area contributed by atoms with Gasteiger partial charge in [0.1, 0.15) is 10.8 Å². The van der Waals surface area contributed by atoms with Gasteiger partial charge in [-0.05, 0) is 18.0 Å². The Morgan fingerprint density at radius 2 is 2.26 bits per heavy atom. The average Bonchev–Trinajstić information content (AvgIpc) is 3.04. The average molecular weight is 285 g/mol. The Morgan fingerprint density at radius 3 is 2.89 bits per heavy atom. The number of aryl methyl sites for hydroxylation is 1. The molecule has 2 heterocycles. The molecule has 0 aromatic carbocycles. The molecule has 2 rings (SSSR count). The fourth-order valence-electron chi connectivity index (χ4n) is 2.07. The molecule has 0 spiro atoms. The van der Waals surface area contributed by atoms with Gasteiger partial charge in [-0.3, -0.25) is 9.59 Å². The molecule has 0 aliphatic carbocycles. The van der Waals surface area contributed by atoms with Crippen LogP contribution in [-0.4, -0.2) is 57.8 Å². The van der Waals surface area contributed by atoms with Crippen molar-refractivity contribution in [3.05, 3.63) is 10.6 Å². The number of hydrogen-bond donors (Lipinski definition) is 1. The lowest BCUT2D eigenvalue weighted by molar-refractivity contribution is -0.142. The molecule has 0 radical (unpaired) electrons. The van der Waals surface area contributed by atoms with E-state index in [-0.39, 0.29) is 19.1 Å². The number of ether oxygens (including phenoxy) is 1. The molecular weight excluding hydrogens is 270 g/mol. The van der Waals surface area contributed by atoms with E-state index in [0.29, 0.717) is 17.0 Å². The Kier molecular flexibility index (Phi) is 4.11. The molecule has 0 bridgehead atoms. The van der Waals surface area contributed by atoms with Gasteiger partial charge in [-0.2, -0.15) is 0 Å². The third kappa shape index (κ3) is 2.59. The standard InChI is InChI=1S/C11H15N3O4S/c1-3-7-9(19-13-12-7)10(15)14(2)8-5-18-4-6(8)11(16)17/h6,8H,3-5H2,1-2H3,(H,16,17). The van der Waals surface area contributed by atoms with Crippen molar-refractivity contribution in [2.45, 2.75) is 19.4 Å². The molecule has 2 unspecified atom stereocenters. The minimum absolute atomic E-state index is 0.138. The highest BCUT2D eigenvalue weighted by Crippen LogP contribution is 2.22. The third-order valence-electron chi connectivity index (χ3n) is 3.27. The van der Waals surface area contributed by atoms with Gasteiger partial charge in [0.05, 0.1) is 24.9 Å². The molecule has 1 aromatic heterocycles. The molecule has 1 aliphatic heterocycles. The summed E-state index contributed by atoms with van der Waals surface area (Å²) in [6.45, 7) is 2.28. The highest BCUT2D eigenvalue weighted by molar-refractivity contribution is 7.08. The molecule has 1 fully saturated rings. The number of nitrogens with zero attached hydrogens (tertiary/aromatic N) is 3. The Labute approximate surface area is 114 Å². The number of hydrogen-bond acceptors (Lipinski definition) is 6. The van der Waals surface area contributed by atoms with Crippen LogP contribution in [-0.2, 0) is 16.0 Å². The van der Waals surface area contributed by atoms with E-state index in [9.17, 15) is 9.59 Å². The van der Waals surface area contributed by atoms with Crippen LogP contribution in [0.2, 0.25) is 0 Å². The Balaban J connectivity index is 2.17. The van der Waals surface area contributed by atoms with Crippen LogP contribution in [0.5, 0.6) is 0 Å². The number of carboxylic acid groups (broad SMARTS) is 1. The van der Waals surface area contributed by atoms with Crippen LogP contribution < -0.4 is 0 Å². The van der Waals surface area contributed by atoms with E-state index in [4.69, 9.17) is 9.84 Å². The van der Waals surface area contributed by atoms with E-state index in [1.54, 1.807) is 7.05 Å². The molecule has 19 heavy (non-hydrogen) atoms. The molecule has 1 amide bonds. The van der Waals surface area contributed by atoms with Crippen LogP contribution in [0.25, 0.3) is 0 Å². The molecular formula is C11H15N3O4S. The van der Waals surface area contributed by atoms with Gasteiger partial charge in [0.15, 0.2) is 0 Å². The molecule has 0 saturated carbocycles. The minimum Gasteiger partial charge on any atom is -0.481 e. The molecule has 1 aromatic rings. The highest BCUT2D eigenvalue weighted by atomic mass is 32.1. The number of carbonyl (C=O) groups is 2. The van der Waals surface area contributed by atoms with E-state index >= 15 is 0 Å². The number of carboxylic acids is 1. The first-order valence-corrected chi connectivity index (χ1v) is 6.72. The topological polar surface area (TPSA) is 92.6 Å². The minimum atomic E-state index is -0.944. The zero-order valence-electron chi connectivity index (χ0n) is 10.7. The maximum Gasteiger partial charge on any atom is 0.311 e. The van der Waals surface area contributed by atoms with Crippen molar-refractivity contribution < 1.29 is 19.4 Å². The molecule has 7 nitrogen and oxygen atoms in total. The summed E-state index contributed by atoms with van der Waals surface area (Å²) in [6, 6.07) is -0.447. The smallest absolute Gasteiger partial charge is 0.311 e. The van der Waals surface area contributed by atoms with Gasteiger partial charge in [-0.25, -0.2) is 0 Å². The summed E-state index contributed by atoms with van der Waals surface area (Å²) in [5, 5.41) is 13.0. The lowest BCUT2D eigenvalue weighted by Gasteiger charge is -2.25. The van der Waals surface area contributed by atoms with Crippen molar-refractivity contribution in [3.8, 4) is 0 Å². The largest absolute Gasteiger partial charge is 0.481 e. The van der Waals surface area contributed by atoms with E-state index in [1.165, 1.54) is 4.90 Å². The van der Waals surface area contributed by atoms with Gasteiger partial charge < -0.3 is 14.7 Å². The Bertz CT molecular complexity index is 490. The summed E-state index contributed by atoms with van der Waals surface area (Å²) >= 11 is 1.04. The third-order valence-corrected chi connectivity index (χ3v) is 4.03. The summed E-state index contributed by atoms with van der Waals surface area (Å²) in [4.78, 5) is 25.4. The zero-order chi connectivity index (χ0) is 14.0. The van der Waals surface area contributed by atoms with Crippen molar-refractivity contribution in [1.82, 2.24) is 14.5 Å². The zero-order valence-corrected chi connectivity index (χ0v) is 11.5. The predicted octanol–water partition coefficient (Wildman–Crippen LogP) is 0.272.